The molecule has 1 heterocycles. The fourth-order valence-corrected chi connectivity index (χ4v) is 3.48. The largest absolute Gasteiger partial charge is 0.310 e. The second-order valence-corrected chi connectivity index (χ2v) is 5.41. The van der Waals surface area contributed by atoms with Crippen LogP contribution in [-0.2, 0) is 0 Å². The van der Waals surface area contributed by atoms with Crippen LogP contribution in [0.15, 0.2) is 30.3 Å². The zero-order valence-corrected chi connectivity index (χ0v) is 9.86. The Bertz CT molecular complexity index is 333. The molecule has 0 aromatic heterocycles. The van der Waals surface area contributed by atoms with Gasteiger partial charge in [0.25, 0.3) is 0 Å². The summed E-state index contributed by atoms with van der Waals surface area (Å²) >= 11 is 0. The summed E-state index contributed by atoms with van der Waals surface area (Å²) in [7, 11) is 0. The molecule has 1 aliphatic heterocycles. The molecule has 1 nitrogen and oxygen atoms in total. The lowest BCUT2D eigenvalue weighted by Gasteiger charge is -2.40. The third-order valence-corrected chi connectivity index (χ3v) is 4.43. The standard InChI is InChI=1S/C15H21N/c1-2-6-12(7-3-1)15-10-13-8-4-5-9-14(13)11-16-15/h1-3,6-7,13-16H,4-5,8-11H2/t13?,14?,15-/m1/s1. The molecule has 1 aromatic rings. The summed E-state index contributed by atoms with van der Waals surface area (Å²) in [6, 6.07) is 11.6. The van der Waals surface area contributed by atoms with E-state index in [2.05, 4.69) is 35.6 Å². The smallest absolute Gasteiger partial charge is 0.0323 e. The highest BCUT2D eigenvalue weighted by atomic mass is 14.9. The summed E-state index contributed by atoms with van der Waals surface area (Å²) in [6.45, 7) is 1.24. The van der Waals surface area contributed by atoms with Gasteiger partial charge in [0.15, 0.2) is 0 Å². The monoisotopic (exact) mass is 215 g/mol. The van der Waals surface area contributed by atoms with Crippen molar-refractivity contribution in [2.45, 2.75) is 38.1 Å². The second-order valence-electron chi connectivity index (χ2n) is 5.41. The molecule has 16 heavy (non-hydrogen) atoms. The number of benzene rings is 1. The molecule has 3 atom stereocenters. The van der Waals surface area contributed by atoms with E-state index in [4.69, 9.17) is 0 Å². The summed E-state index contributed by atoms with van der Waals surface area (Å²) in [5.41, 5.74) is 1.48. The van der Waals surface area contributed by atoms with Crippen LogP contribution in [0.3, 0.4) is 0 Å². The average molecular weight is 215 g/mol. The molecule has 1 N–H and O–H groups in total. The van der Waals surface area contributed by atoms with Crippen LogP contribution in [0.2, 0.25) is 0 Å². The van der Waals surface area contributed by atoms with Gasteiger partial charge in [-0.1, -0.05) is 49.6 Å². The van der Waals surface area contributed by atoms with E-state index in [1.54, 1.807) is 0 Å². The van der Waals surface area contributed by atoms with Crippen LogP contribution >= 0.6 is 0 Å². The Labute approximate surface area is 98.3 Å². The van der Waals surface area contributed by atoms with Crippen molar-refractivity contribution in [3.05, 3.63) is 35.9 Å². The van der Waals surface area contributed by atoms with E-state index >= 15 is 0 Å². The molecule has 1 aromatic carbocycles. The predicted molar refractivity (Wildman–Crippen MR) is 67.3 cm³/mol. The van der Waals surface area contributed by atoms with E-state index in [1.807, 2.05) is 0 Å². The van der Waals surface area contributed by atoms with Gasteiger partial charge in [-0.05, 0) is 36.8 Å². The maximum Gasteiger partial charge on any atom is 0.0323 e. The molecule has 0 spiro atoms. The minimum Gasteiger partial charge on any atom is -0.310 e. The van der Waals surface area contributed by atoms with Crippen LogP contribution in [0.5, 0.6) is 0 Å². The number of rotatable bonds is 1. The van der Waals surface area contributed by atoms with Crippen molar-refractivity contribution in [1.82, 2.24) is 5.32 Å². The Morgan fingerprint density at radius 2 is 1.69 bits per heavy atom. The Kier molecular flexibility index (Phi) is 2.96. The van der Waals surface area contributed by atoms with Crippen LogP contribution < -0.4 is 5.32 Å². The van der Waals surface area contributed by atoms with Crippen molar-refractivity contribution in [1.29, 1.82) is 0 Å². The minimum atomic E-state index is 0.612. The van der Waals surface area contributed by atoms with Crippen LogP contribution in [0, 0.1) is 11.8 Å². The zero-order chi connectivity index (χ0) is 10.8. The number of fused-ring (bicyclic) bond motifs is 1. The second kappa shape index (κ2) is 4.58. The first-order chi connectivity index (χ1) is 7.93. The van der Waals surface area contributed by atoms with Crippen LogP contribution in [0.25, 0.3) is 0 Å². The summed E-state index contributed by atoms with van der Waals surface area (Å²) in [4.78, 5) is 0. The van der Waals surface area contributed by atoms with E-state index in [1.165, 1.54) is 44.2 Å². The first-order valence-electron chi connectivity index (χ1n) is 6.72. The average Bonchev–Trinajstić information content (AvgIpc) is 2.39. The molecular weight excluding hydrogens is 194 g/mol. The van der Waals surface area contributed by atoms with Crippen LogP contribution in [0.1, 0.15) is 43.7 Å². The Hall–Kier alpha value is -0.820. The first kappa shape index (κ1) is 10.3. The van der Waals surface area contributed by atoms with Gasteiger partial charge in [-0.15, -0.1) is 0 Å². The molecule has 2 aliphatic rings. The van der Waals surface area contributed by atoms with Gasteiger partial charge in [0.2, 0.25) is 0 Å². The lowest BCUT2D eigenvalue weighted by Crippen LogP contribution is -2.40. The number of nitrogens with one attached hydrogen (secondary N) is 1. The van der Waals surface area contributed by atoms with E-state index in [9.17, 15) is 0 Å². The number of hydrogen-bond donors (Lipinski definition) is 1. The Balaban J connectivity index is 1.71. The van der Waals surface area contributed by atoms with Gasteiger partial charge in [-0.25, -0.2) is 0 Å². The topological polar surface area (TPSA) is 12.0 Å². The SMILES string of the molecule is c1ccc([C@H]2CC3CCCCC3CN2)cc1. The molecule has 0 radical (unpaired) electrons. The first-order valence-corrected chi connectivity index (χ1v) is 6.72. The summed E-state index contributed by atoms with van der Waals surface area (Å²) in [5.74, 6) is 1.95. The Morgan fingerprint density at radius 1 is 0.938 bits per heavy atom. The van der Waals surface area contributed by atoms with Crippen LogP contribution in [0.4, 0.5) is 0 Å². The molecule has 1 aliphatic carbocycles. The summed E-state index contributed by atoms with van der Waals surface area (Å²) in [5, 5.41) is 3.73. The van der Waals surface area contributed by atoms with E-state index in [-0.39, 0.29) is 0 Å². The molecule has 1 heteroatoms. The van der Waals surface area contributed by atoms with Crippen molar-refractivity contribution in [2.75, 3.05) is 6.54 Å². The fraction of sp³-hybridized carbons (Fsp3) is 0.600. The van der Waals surface area contributed by atoms with Crippen molar-refractivity contribution in [3.8, 4) is 0 Å². The maximum absolute atomic E-state index is 3.73. The van der Waals surface area contributed by atoms with Gasteiger partial charge in [-0.3, -0.25) is 0 Å². The fourth-order valence-electron chi connectivity index (χ4n) is 3.48. The Morgan fingerprint density at radius 3 is 2.50 bits per heavy atom. The van der Waals surface area contributed by atoms with Crippen molar-refractivity contribution in [2.24, 2.45) is 11.8 Å². The molecule has 0 amide bonds. The third-order valence-electron chi connectivity index (χ3n) is 4.43. The minimum absolute atomic E-state index is 0.612. The van der Waals surface area contributed by atoms with E-state index in [0.717, 1.165) is 11.8 Å². The summed E-state index contributed by atoms with van der Waals surface area (Å²) in [6.07, 6.45) is 7.20. The normalized spacial score (nSPS) is 34.4. The molecule has 2 unspecified atom stereocenters. The summed E-state index contributed by atoms with van der Waals surface area (Å²) < 4.78 is 0. The molecule has 1 saturated carbocycles. The molecule has 1 saturated heterocycles. The number of piperidine rings is 1. The predicted octanol–water partition coefficient (Wildman–Crippen LogP) is 3.53. The van der Waals surface area contributed by atoms with Crippen molar-refractivity contribution in [3.63, 3.8) is 0 Å². The highest BCUT2D eigenvalue weighted by Crippen LogP contribution is 2.39. The van der Waals surface area contributed by atoms with Gasteiger partial charge < -0.3 is 5.32 Å². The van der Waals surface area contributed by atoms with E-state index < -0.39 is 0 Å². The van der Waals surface area contributed by atoms with Crippen molar-refractivity contribution < 1.29 is 0 Å². The van der Waals surface area contributed by atoms with Gasteiger partial charge in [-0.2, -0.15) is 0 Å². The molecule has 2 fully saturated rings. The number of hydrogen-bond acceptors (Lipinski definition) is 1. The quantitative estimate of drug-likeness (QED) is 0.755. The van der Waals surface area contributed by atoms with Gasteiger partial charge in [0, 0.05) is 6.04 Å². The van der Waals surface area contributed by atoms with Crippen LogP contribution in [-0.4, -0.2) is 6.54 Å². The maximum atomic E-state index is 3.73. The highest BCUT2D eigenvalue weighted by molar-refractivity contribution is 5.19. The van der Waals surface area contributed by atoms with Crippen molar-refractivity contribution >= 4 is 0 Å². The molecule has 86 valence electrons. The van der Waals surface area contributed by atoms with Gasteiger partial charge in [0.05, 0.1) is 0 Å². The lowest BCUT2D eigenvalue weighted by molar-refractivity contribution is 0.154. The lowest BCUT2D eigenvalue weighted by atomic mass is 9.73. The van der Waals surface area contributed by atoms with Gasteiger partial charge in [0.1, 0.15) is 0 Å². The molecule has 3 rings (SSSR count). The zero-order valence-electron chi connectivity index (χ0n) is 9.86. The highest BCUT2D eigenvalue weighted by Gasteiger charge is 2.32. The third kappa shape index (κ3) is 2.01. The van der Waals surface area contributed by atoms with E-state index in [0.29, 0.717) is 6.04 Å². The molecular formula is C15H21N. The van der Waals surface area contributed by atoms with Gasteiger partial charge >= 0.3 is 0 Å². The molecule has 0 bridgehead atoms.